The molecule has 0 saturated carbocycles. The fraction of sp³-hybridized carbons (Fsp3) is 0.364. The lowest BCUT2D eigenvalue weighted by Gasteiger charge is -2.16. The molecule has 10 heteroatoms. The Balaban J connectivity index is 2.43. The first-order valence-corrected chi connectivity index (χ1v) is 7.72. The lowest BCUT2D eigenvalue weighted by molar-refractivity contribution is -0.387. The van der Waals surface area contributed by atoms with E-state index in [1.54, 1.807) is 0 Å². The molecule has 1 saturated heterocycles. The van der Waals surface area contributed by atoms with E-state index >= 15 is 0 Å². The summed E-state index contributed by atoms with van der Waals surface area (Å²) < 4.78 is 25.8. The third-order valence-corrected chi connectivity index (χ3v) is 5.37. The van der Waals surface area contributed by atoms with Crippen LogP contribution in [0.3, 0.4) is 0 Å². The van der Waals surface area contributed by atoms with E-state index in [1.807, 2.05) is 0 Å². The van der Waals surface area contributed by atoms with Crippen molar-refractivity contribution < 1.29 is 23.2 Å². The number of carbonyl (C=O) groups is 1. The van der Waals surface area contributed by atoms with Gasteiger partial charge in [-0.05, 0) is 18.6 Å². The second-order valence-corrected chi connectivity index (χ2v) is 6.90. The summed E-state index contributed by atoms with van der Waals surface area (Å²) >= 11 is 5.71. The second kappa shape index (κ2) is 5.58. The summed E-state index contributed by atoms with van der Waals surface area (Å²) in [4.78, 5) is 20.5. The smallest absolute Gasteiger partial charge is 0.307 e. The molecule has 1 aromatic rings. The van der Waals surface area contributed by atoms with Gasteiger partial charge in [0.2, 0.25) is 10.0 Å². The average molecular weight is 335 g/mol. The monoisotopic (exact) mass is 334 g/mol. The van der Waals surface area contributed by atoms with Gasteiger partial charge in [0.05, 0.1) is 10.8 Å². The molecule has 1 aliphatic heterocycles. The first-order valence-electron chi connectivity index (χ1n) is 5.90. The fourth-order valence-corrected chi connectivity index (χ4v) is 4.05. The maximum atomic E-state index is 12.5. The molecule has 0 aromatic heterocycles. The number of nitrogens with zero attached hydrogens (tertiary/aromatic N) is 2. The molecule has 0 spiro atoms. The number of aliphatic carboxylic acids is 1. The van der Waals surface area contributed by atoms with Crippen molar-refractivity contribution in [3.05, 3.63) is 33.3 Å². The van der Waals surface area contributed by atoms with Crippen LogP contribution in [0.15, 0.2) is 23.1 Å². The zero-order valence-corrected chi connectivity index (χ0v) is 12.2. The van der Waals surface area contributed by atoms with E-state index in [0.717, 1.165) is 16.4 Å². The number of benzene rings is 1. The molecule has 21 heavy (non-hydrogen) atoms. The first-order chi connectivity index (χ1) is 9.73. The Hall–Kier alpha value is -1.71. The van der Waals surface area contributed by atoms with Crippen LogP contribution in [0, 0.1) is 16.0 Å². The number of carboxylic acids is 1. The highest BCUT2D eigenvalue weighted by Gasteiger charge is 2.38. The molecule has 0 bridgehead atoms. The van der Waals surface area contributed by atoms with Crippen LogP contribution in [0.2, 0.25) is 5.02 Å². The van der Waals surface area contributed by atoms with E-state index in [4.69, 9.17) is 16.7 Å². The van der Waals surface area contributed by atoms with Crippen LogP contribution >= 0.6 is 11.6 Å². The molecule has 8 nitrogen and oxygen atoms in total. The molecule has 0 amide bonds. The van der Waals surface area contributed by atoms with E-state index in [1.165, 1.54) is 6.07 Å². The number of halogens is 1. The van der Waals surface area contributed by atoms with Gasteiger partial charge in [-0.25, -0.2) is 8.42 Å². The molecular weight excluding hydrogens is 324 g/mol. The van der Waals surface area contributed by atoms with Crippen LogP contribution in [-0.2, 0) is 14.8 Å². The lowest BCUT2D eigenvalue weighted by Crippen LogP contribution is -2.30. The topological polar surface area (TPSA) is 118 Å². The van der Waals surface area contributed by atoms with Gasteiger partial charge in [0.25, 0.3) is 5.69 Å². The van der Waals surface area contributed by atoms with Crippen molar-refractivity contribution in [3.8, 4) is 0 Å². The van der Waals surface area contributed by atoms with E-state index in [0.29, 0.717) is 0 Å². The zero-order valence-electron chi connectivity index (χ0n) is 10.6. The van der Waals surface area contributed by atoms with Crippen molar-refractivity contribution in [1.82, 2.24) is 4.31 Å². The van der Waals surface area contributed by atoms with Gasteiger partial charge in [-0.2, -0.15) is 4.31 Å². The van der Waals surface area contributed by atoms with Crippen LogP contribution in [0.1, 0.15) is 6.42 Å². The maximum absolute atomic E-state index is 12.5. The predicted molar refractivity (Wildman–Crippen MR) is 72.6 cm³/mol. The van der Waals surface area contributed by atoms with Crippen LogP contribution < -0.4 is 0 Å². The molecule has 0 aliphatic carbocycles. The summed E-state index contributed by atoms with van der Waals surface area (Å²) in [6.45, 7) is -0.204. The average Bonchev–Trinajstić information content (AvgIpc) is 2.88. The summed E-state index contributed by atoms with van der Waals surface area (Å²) in [6.07, 6.45) is 0.170. The summed E-state index contributed by atoms with van der Waals surface area (Å²) in [6, 6.07) is 3.24. The van der Waals surface area contributed by atoms with Gasteiger partial charge in [-0.3, -0.25) is 14.9 Å². The molecular formula is C11H11ClN2O6S. The SMILES string of the molecule is O=C(O)C1CCN(S(=O)(=O)c2cc(Cl)ccc2[N+](=O)[O-])C1. The molecule has 1 aromatic carbocycles. The Morgan fingerprint density at radius 2 is 2.14 bits per heavy atom. The van der Waals surface area contributed by atoms with Gasteiger partial charge in [0.15, 0.2) is 4.90 Å². The van der Waals surface area contributed by atoms with Crippen LogP contribution in [0.4, 0.5) is 5.69 Å². The third kappa shape index (κ3) is 2.99. The Bertz CT molecular complexity index is 705. The summed E-state index contributed by atoms with van der Waals surface area (Å²) in [7, 11) is -4.16. The Labute approximate surface area is 125 Å². The van der Waals surface area contributed by atoms with Gasteiger partial charge in [0.1, 0.15) is 0 Å². The lowest BCUT2D eigenvalue weighted by atomic mass is 10.1. The minimum Gasteiger partial charge on any atom is -0.481 e. The largest absolute Gasteiger partial charge is 0.481 e. The number of nitro groups is 1. The van der Waals surface area contributed by atoms with Crippen molar-refractivity contribution in [3.63, 3.8) is 0 Å². The second-order valence-electron chi connectivity index (χ2n) is 4.56. The molecule has 1 N–H and O–H groups in total. The summed E-state index contributed by atoms with van der Waals surface area (Å²) in [5.74, 6) is -1.90. The Morgan fingerprint density at radius 1 is 1.48 bits per heavy atom. The Morgan fingerprint density at radius 3 is 2.67 bits per heavy atom. The fourth-order valence-electron chi connectivity index (χ4n) is 2.13. The summed E-state index contributed by atoms with van der Waals surface area (Å²) in [5.41, 5.74) is -0.585. The van der Waals surface area contributed by atoms with E-state index in [2.05, 4.69) is 0 Å². The normalized spacial score (nSPS) is 19.6. The molecule has 1 fully saturated rings. The number of hydrogen-bond acceptors (Lipinski definition) is 5. The molecule has 1 unspecified atom stereocenters. The van der Waals surface area contributed by atoms with Crippen LogP contribution in [0.5, 0.6) is 0 Å². The van der Waals surface area contributed by atoms with Crippen molar-refractivity contribution >= 4 is 33.3 Å². The number of carboxylic acid groups (broad SMARTS) is 1. The molecule has 1 aliphatic rings. The van der Waals surface area contributed by atoms with Crippen LogP contribution in [-0.4, -0.2) is 41.8 Å². The van der Waals surface area contributed by atoms with Crippen molar-refractivity contribution in [1.29, 1.82) is 0 Å². The van der Waals surface area contributed by atoms with Gasteiger partial charge in [0, 0.05) is 24.2 Å². The molecule has 1 atom stereocenters. The third-order valence-electron chi connectivity index (χ3n) is 3.24. The van der Waals surface area contributed by atoms with Crippen molar-refractivity contribution in [2.45, 2.75) is 11.3 Å². The van der Waals surface area contributed by atoms with E-state index in [-0.39, 0.29) is 24.5 Å². The highest BCUT2D eigenvalue weighted by atomic mass is 35.5. The van der Waals surface area contributed by atoms with E-state index in [9.17, 15) is 23.3 Å². The van der Waals surface area contributed by atoms with Gasteiger partial charge < -0.3 is 5.11 Å². The van der Waals surface area contributed by atoms with Crippen molar-refractivity contribution in [2.75, 3.05) is 13.1 Å². The summed E-state index contributed by atoms with van der Waals surface area (Å²) in [5, 5.41) is 19.9. The molecule has 1 heterocycles. The van der Waals surface area contributed by atoms with Gasteiger partial charge >= 0.3 is 5.97 Å². The molecule has 0 radical (unpaired) electrons. The highest BCUT2D eigenvalue weighted by molar-refractivity contribution is 7.89. The predicted octanol–water partition coefficient (Wildman–Crippen LogP) is 1.34. The van der Waals surface area contributed by atoms with Crippen LogP contribution in [0.25, 0.3) is 0 Å². The number of hydrogen-bond donors (Lipinski definition) is 1. The number of sulfonamides is 1. The number of nitro benzene ring substituents is 1. The quantitative estimate of drug-likeness (QED) is 0.655. The molecule has 2 rings (SSSR count). The number of rotatable bonds is 4. The van der Waals surface area contributed by atoms with Crippen molar-refractivity contribution in [2.24, 2.45) is 5.92 Å². The standard InChI is InChI=1S/C11H11ClN2O6S/c12-8-1-2-9(14(17)18)10(5-8)21(19,20)13-4-3-7(6-13)11(15)16/h1-2,5,7H,3-4,6H2,(H,15,16). The minimum atomic E-state index is -4.16. The van der Waals surface area contributed by atoms with Gasteiger partial charge in [-0.15, -0.1) is 0 Å². The minimum absolute atomic E-state index is 0.00294. The highest BCUT2D eigenvalue weighted by Crippen LogP contribution is 2.32. The zero-order chi connectivity index (χ0) is 15.8. The van der Waals surface area contributed by atoms with Gasteiger partial charge in [-0.1, -0.05) is 11.6 Å². The van der Waals surface area contributed by atoms with E-state index < -0.39 is 37.4 Å². The molecule has 114 valence electrons. The maximum Gasteiger partial charge on any atom is 0.307 e. The Kier molecular flexibility index (Phi) is 4.17. The first kappa shape index (κ1) is 15.7.